The first-order valence-corrected chi connectivity index (χ1v) is 12.4. The van der Waals surface area contributed by atoms with Gasteiger partial charge in [0, 0.05) is 33.8 Å². The van der Waals surface area contributed by atoms with E-state index in [1.807, 2.05) is 18.2 Å². The Kier molecular flexibility index (Phi) is 9.74. The van der Waals surface area contributed by atoms with Crippen LogP contribution in [0.4, 0.5) is 5.13 Å². The Morgan fingerprint density at radius 1 is 1.11 bits per heavy atom. The molecule has 2 aromatic carbocycles. The second kappa shape index (κ2) is 13.0. The Hall–Kier alpha value is -4.03. The van der Waals surface area contributed by atoms with Gasteiger partial charge in [-0.05, 0) is 29.3 Å². The number of carbonyl (C=O) groups is 3. The predicted octanol–water partition coefficient (Wildman–Crippen LogP) is 2.96. The molecule has 202 valence electrons. The van der Waals surface area contributed by atoms with Gasteiger partial charge >= 0.3 is 0 Å². The molecule has 1 aliphatic heterocycles. The minimum absolute atomic E-state index is 0.160. The van der Waals surface area contributed by atoms with E-state index in [1.165, 1.54) is 16.2 Å². The van der Waals surface area contributed by atoms with Crippen molar-refractivity contribution in [2.75, 3.05) is 47.8 Å². The minimum Gasteiger partial charge on any atom is -0.493 e. The molecule has 0 saturated heterocycles. The summed E-state index contributed by atoms with van der Waals surface area (Å²) in [6, 6.07) is 12.0. The molecule has 0 spiro atoms. The number of ether oxygens (including phenoxy) is 3. The number of hydrogen-bond donors (Lipinski definition) is 1. The molecule has 0 fully saturated rings. The minimum atomic E-state index is -0.684. The fraction of sp³-hybridized carbons (Fsp3) is 0.346. The number of nitrogens with one attached hydrogen (secondary N) is 1. The maximum Gasteiger partial charge on any atom is 0.254 e. The molecule has 2 atom stereocenters. The maximum absolute atomic E-state index is 13.6. The Bertz CT molecular complexity index is 1280. The van der Waals surface area contributed by atoms with Crippen molar-refractivity contribution in [1.29, 1.82) is 0 Å². The van der Waals surface area contributed by atoms with Crippen LogP contribution >= 0.6 is 11.3 Å². The fourth-order valence-corrected chi connectivity index (χ4v) is 4.79. The van der Waals surface area contributed by atoms with Crippen LogP contribution in [-0.4, -0.2) is 80.7 Å². The Labute approximate surface area is 225 Å². The number of fused-ring (bicyclic) bond motifs is 1. The zero-order valence-electron chi connectivity index (χ0n) is 22.1. The van der Waals surface area contributed by atoms with Gasteiger partial charge < -0.3 is 24.0 Å². The van der Waals surface area contributed by atoms with Gasteiger partial charge in [0.15, 0.2) is 11.5 Å². The summed E-state index contributed by atoms with van der Waals surface area (Å²) in [6.45, 7) is 0.311. The Balaban J connectivity index is 0.000000732. The predicted molar refractivity (Wildman–Crippen MR) is 143 cm³/mol. The summed E-state index contributed by atoms with van der Waals surface area (Å²) >= 11 is 1.24. The summed E-state index contributed by atoms with van der Waals surface area (Å²) in [4.78, 5) is 39.3. The molecule has 1 aliphatic rings. The lowest BCUT2D eigenvalue weighted by Crippen LogP contribution is -2.44. The molecular formula is C26H31N5O6S. The Morgan fingerprint density at radius 3 is 2.42 bits per heavy atom. The van der Waals surface area contributed by atoms with E-state index < -0.39 is 12.0 Å². The zero-order chi connectivity index (χ0) is 27.8. The van der Waals surface area contributed by atoms with Gasteiger partial charge in [-0.1, -0.05) is 35.6 Å². The van der Waals surface area contributed by atoms with E-state index in [4.69, 9.17) is 14.2 Å². The SMILES string of the molecule is CN(C)C=O.COCc1nnc(NC(=O)C2c3ccccc3C(=O)N(C)C2c2ccc(OC)c(OC)c2)s1. The van der Waals surface area contributed by atoms with Gasteiger partial charge in [0.1, 0.15) is 11.6 Å². The quantitative estimate of drug-likeness (QED) is 0.432. The second-order valence-corrected chi connectivity index (χ2v) is 9.59. The highest BCUT2D eigenvalue weighted by Gasteiger charge is 2.43. The van der Waals surface area contributed by atoms with Gasteiger partial charge in [-0.2, -0.15) is 0 Å². The number of benzene rings is 2. The highest BCUT2D eigenvalue weighted by atomic mass is 32.1. The summed E-state index contributed by atoms with van der Waals surface area (Å²) in [5, 5.41) is 12.0. The molecule has 1 aromatic heterocycles. The van der Waals surface area contributed by atoms with Crippen molar-refractivity contribution >= 4 is 34.7 Å². The molecule has 3 aromatic rings. The first-order chi connectivity index (χ1) is 18.2. The molecule has 0 aliphatic carbocycles. The van der Waals surface area contributed by atoms with Crippen molar-refractivity contribution in [1.82, 2.24) is 20.0 Å². The molecule has 2 heterocycles. The molecule has 3 amide bonds. The molecule has 1 N–H and O–H groups in total. The van der Waals surface area contributed by atoms with Gasteiger partial charge in [0.25, 0.3) is 5.91 Å². The normalized spacial score (nSPS) is 16.1. The van der Waals surface area contributed by atoms with Crippen LogP contribution in [-0.2, 0) is 20.9 Å². The molecular weight excluding hydrogens is 510 g/mol. The molecule has 0 radical (unpaired) electrons. The summed E-state index contributed by atoms with van der Waals surface area (Å²) in [7, 11) is 9.74. The van der Waals surface area contributed by atoms with Crippen LogP contribution in [0.2, 0.25) is 0 Å². The number of hydrogen-bond acceptors (Lipinski definition) is 9. The first-order valence-electron chi connectivity index (χ1n) is 11.6. The van der Waals surface area contributed by atoms with E-state index in [0.717, 1.165) is 12.0 Å². The third kappa shape index (κ3) is 6.26. The van der Waals surface area contributed by atoms with Gasteiger partial charge in [-0.25, -0.2) is 0 Å². The molecule has 11 nitrogen and oxygen atoms in total. The summed E-state index contributed by atoms with van der Waals surface area (Å²) in [6.07, 6.45) is 0.750. The lowest BCUT2D eigenvalue weighted by Gasteiger charge is -2.39. The average Bonchev–Trinajstić information content (AvgIpc) is 3.37. The van der Waals surface area contributed by atoms with Crippen LogP contribution in [0, 0.1) is 0 Å². The van der Waals surface area contributed by atoms with Crippen molar-refractivity contribution in [3.05, 3.63) is 64.2 Å². The van der Waals surface area contributed by atoms with Crippen molar-refractivity contribution < 1.29 is 28.6 Å². The number of rotatable bonds is 8. The molecule has 0 bridgehead atoms. The van der Waals surface area contributed by atoms with Crippen molar-refractivity contribution in [2.24, 2.45) is 0 Å². The summed E-state index contributed by atoms with van der Waals surface area (Å²) < 4.78 is 15.9. The zero-order valence-corrected chi connectivity index (χ0v) is 22.9. The van der Waals surface area contributed by atoms with Crippen LogP contribution < -0.4 is 14.8 Å². The van der Waals surface area contributed by atoms with Crippen molar-refractivity contribution in [3.63, 3.8) is 0 Å². The van der Waals surface area contributed by atoms with Gasteiger partial charge in [-0.15, -0.1) is 10.2 Å². The van der Waals surface area contributed by atoms with Gasteiger partial charge in [0.05, 0.1) is 26.2 Å². The van der Waals surface area contributed by atoms with Crippen LogP contribution in [0.3, 0.4) is 0 Å². The summed E-state index contributed by atoms with van der Waals surface area (Å²) in [5.41, 5.74) is 1.89. The van der Waals surface area contributed by atoms with E-state index in [2.05, 4.69) is 15.5 Å². The number of likely N-dealkylation sites (N-methyl/N-ethyl adjacent to an activating group) is 1. The highest BCUT2D eigenvalue weighted by Crippen LogP contribution is 2.44. The monoisotopic (exact) mass is 541 g/mol. The van der Waals surface area contributed by atoms with Crippen LogP contribution in [0.5, 0.6) is 11.5 Å². The third-order valence-electron chi connectivity index (χ3n) is 5.79. The highest BCUT2D eigenvalue weighted by molar-refractivity contribution is 7.15. The number of anilines is 1. The molecule has 2 unspecified atom stereocenters. The third-order valence-corrected chi connectivity index (χ3v) is 6.60. The van der Waals surface area contributed by atoms with E-state index in [-0.39, 0.29) is 11.8 Å². The molecule has 0 saturated carbocycles. The van der Waals surface area contributed by atoms with E-state index in [9.17, 15) is 14.4 Å². The Morgan fingerprint density at radius 2 is 1.79 bits per heavy atom. The number of carbonyl (C=O) groups excluding carboxylic acids is 3. The number of nitrogens with zero attached hydrogens (tertiary/aromatic N) is 4. The van der Waals surface area contributed by atoms with Crippen LogP contribution in [0.1, 0.15) is 38.5 Å². The van der Waals surface area contributed by atoms with Crippen molar-refractivity contribution in [2.45, 2.75) is 18.6 Å². The molecule has 4 rings (SSSR count). The lowest BCUT2D eigenvalue weighted by atomic mass is 9.79. The van der Waals surface area contributed by atoms with E-state index >= 15 is 0 Å². The van der Waals surface area contributed by atoms with Crippen LogP contribution in [0.15, 0.2) is 42.5 Å². The second-order valence-electron chi connectivity index (χ2n) is 8.53. The van der Waals surface area contributed by atoms with E-state index in [1.54, 1.807) is 71.6 Å². The number of aromatic nitrogens is 2. The van der Waals surface area contributed by atoms with E-state index in [0.29, 0.717) is 39.4 Å². The molecule has 12 heteroatoms. The first kappa shape index (κ1) is 28.5. The van der Waals surface area contributed by atoms with Crippen LogP contribution in [0.25, 0.3) is 0 Å². The topological polar surface area (TPSA) is 123 Å². The lowest BCUT2D eigenvalue weighted by molar-refractivity contribution is -0.119. The van der Waals surface area contributed by atoms with Crippen molar-refractivity contribution in [3.8, 4) is 11.5 Å². The largest absolute Gasteiger partial charge is 0.493 e. The fourth-order valence-electron chi connectivity index (χ4n) is 4.08. The molecule has 38 heavy (non-hydrogen) atoms. The number of methoxy groups -OCH3 is 3. The summed E-state index contributed by atoms with van der Waals surface area (Å²) in [5.74, 6) is -0.0552. The van der Waals surface area contributed by atoms with Gasteiger partial charge in [0.2, 0.25) is 17.4 Å². The average molecular weight is 542 g/mol. The standard InChI is InChI=1S/C23H24N4O5S.C3H7NO/c1-27-20(13-9-10-16(31-3)17(11-13)32-4)19(14-7-5-6-8-15(14)22(27)29)21(28)24-23-26-25-18(33-23)12-30-2;1-4(2)3-5/h5-11,19-20H,12H2,1-4H3,(H,24,26,28);3H,1-2H3. The van der Waals surface area contributed by atoms with Gasteiger partial charge in [-0.3, -0.25) is 19.7 Å². The number of amides is 3. The maximum atomic E-state index is 13.6. The smallest absolute Gasteiger partial charge is 0.254 e.